The number of imidazole rings is 1. The number of fused-ring (bicyclic) bond motifs is 1. The molecule has 3 N–H and O–H groups in total. The molecule has 1 aromatic carbocycles. The van der Waals surface area contributed by atoms with Gasteiger partial charge in [0.2, 0.25) is 5.91 Å². The molecule has 2 aromatic heterocycles. The number of alkyl halides is 2. The first-order valence-electron chi connectivity index (χ1n) is 10.7. The van der Waals surface area contributed by atoms with Crippen LogP contribution < -0.4 is 10.6 Å². The Labute approximate surface area is 189 Å². The van der Waals surface area contributed by atoms with Crippen LogP contribution in [-0.4, -0.2) is 41.5 Å². The number of H-pyrrole nitrogens is 1. The standard InChI is InChI=1S/C22H23F2N5O3S/c1-11-25-19-16(9-18(28-20(19)26-11)29-21(30)14-10-22(14,23)24)27-15-7-6-13(12-4-3-5-12)8-17(15)33(2,31)32/h6-9,12,14H,3-5,10H2,1-2H3,(H3,25,26,27,28,29,30). The van der Waals surface area contributed by atoms with Crippen LogP contribution in [0.15, 0.2) is 29.2 Å². The Balaban J connectivity index is 1.52. The van der Waals surface area contributed by atoms with E-state index < -0.39 is 34.0 Å². The molecule has 2 fully saturated rings. The van der Waals surface area contributed by atoms with Crippen molar-refractivity contribution in [2.24, 2.45) is 5.92 Å². The van der Waals surface area contributed by atoms with E-state index in [1.165, 1.54) is 6.07 Å². The summed E-state index contributed by atoms with van der Waals surface area (Å²) < 4.78 is 51.7. The van der Waals surface area contributed by atoms with Gasteiger partial charge in [-0.25, -0.2) is 27.2 Å². The second kappa shape index (κ2) is 7.47. The molecule has 1 atom stereocenters. The van der Waals surface area contributed by atoms with Gasteiger partial charge in [-0.05, 0) is 43.4 Å². The molecule has 33 heavy (non-hydrogen) atoms. The van der Waals surface area contributed by atoms with Crippen molar-refractivity contribution in [2.45, 2.75) is 49.3 Å². The lowest BCUT2D eigenvalue weighted by Crippen LogP contribution is -2.18. The summed E-state index contributed by atoms with van der Waals surface area (Å²) in [4.78, 5) is 24.0. The third kappa shape index (κ3) is 4.17. The summed E-state index contributed by atoms with van der Waals surface area (Å²) in [5, 5.41) is 5.55. The summed E-state index contributed by atoms with van der Waals surface area (Å²) in [5.74, 6) is -4.19. The number of aromatic nitrogens is 3. The Kier molecular flexibility index (Phi) is 4.93. The maximum absolute atomic E-state index is 13.3. The molecule has 5 rings (SSSR count). The highest BCUT2D eigenvalue weighted by atomic mass is 32.2. The van der Waals surface area contributed by atoms with E-state index in [4.69, 9.17) is 0 Å². The minimum Gasteiger partial charge on any atom is -0.352 e. The van der Waals surface area contributed by atoms with Crippen molar-refractivity contribution in [2.75, 3.05) is 16.9 Å². The number of anilines is 3. The molecule has 174 valence electrons. The van der Waals surface area contributed by atoms with E-state index in [1.54, 1.807) is 19.1 Å². The maximum Gasteiger partial charge on any atom is 0.260 e. The van der Waals surface area contributed by atoms with Gasteiger partial charge >= 0.3 is 0 Å². The van der Waals surface area contributed by atoms with Crippen molar-refractivity contribution in [3.63, 3.8) is 0 Å². The number of pyridine rings is 1. The van der Waals surface area contributed by atoms with Gasteiger partial charge in [-0.2, -0.15) is 0 Å². The SMILES string of the molecule is Cc1nc2c(Nc3ccc(C4CCC4)cc3S(C)(=O)=O)cc(NC(=O)C3CC3(F)F)nc2[nH]1. The fourth-order valence-electron chi connectivity index (χ4n) is 4.07. The molecule has 0 aliphatic heterocycles. The molecule has 0 radical (unpaired) electrons. The first kappa shape index (κ1) is 21.7. The third-order valence-corrected chi connectivity index (χ3v) is 7.35. The summed E-state index contributed by atoms with van der Waals surface area (Å²) in [6.07, 6.45) is 3.88. The zero-order valence-corrected chi connectivity index (χ0v) is 18.9. The van der Waals surface area contributed by atoms with Crippen LogP contribution in [0.4, 0.5) is 26.0 Å². The molecule has 0 saturated heterocycles. The molecule has 2 aliphatic rings. The lowest BCUT2D eigenvalue weighted by atomic mass is 9.80. The van der Waals surface area contributed by atoms with Gasteiger partial charge in [-0.3, -0.25) is 4.79 Å². The number of hydrogen-bond acceptors (Lipinski definition) is 6. The Morgan fingerprint density at radius 1 is 1.18 bits per heavy atom. The lowest BCUT2D eigenvalue weighted by molar-refractivity contribution is -0.119. The largest absolute Gasteiger partial charge is 0.352 e. The van der Waals surface area contributed by atoms with E-state index in [2.05, 4.69) is 25.6 Å². The van der Waals surface area contributed by atoms with E-state index >= 15 is 0 Å². The molecule has 1 amide bonds. The highest BCUT2D eigenvalue weighted by Gasteiger charge is 2.61. The van der Waals surface area contributed by atoms with Gasteiger partial charge < -0.3 is 15.6 Å². The number of halogens is 2. The summed E-state index contributed by atoms with van der Waals surface area (Å²) in [5.41, 5.74) is 2.51. The van der Waals surface area contributed by atoms with E-state index in [0.717, 1.165) is 31.1 Å². The number of amides is 1. The number of carbonyl (C=O) groups excluding carboxylic acids is 1. The Hall–Kier alpha value is -3.08. The average Bonchev–Trinajstić information content (AvgIpc) is 3.14. The number of benzene rings is 1. The number of aromatic amines is 1. The predicted octanol–water partition coefficient (Wildman–Crippen LogP) is 4.27. The molecule has 0 spiro atoms. The highest BCUT2D eigenvalue weighted by Crippen LogP contribution is 2.49. The fraction of sp³-hybridized carbons (Fsp3) is 0.409. The van der Waals surface area contributed by atoms with Crippen molar-refractivity contribution >= 4 is 44.1 Å². The summed E-state index contributed by atoms with van der Waals surface area (Å²) in [7, 11) is -3.55. The molecule has 2 heterocycles. The summed E-state index contributed by atoms with van der Waals surface area (Å²) in [6.45, 7) is 1.73. The first-order chi connectivity index (χ1) is 15.5. The van der Waals surface area contributed by atoms with E-state index in [0.29, 0.717) is 34.3 Å². The smallest absolute Gasteiger partial charge is 0.260 e. The maximum atomic E-state index is 13.3. The van der Waals surface area contributed by atoms with Crippen molar-refractivity contribution in [1.82, 2.24) is 15.0 Å². The van der Waals surface area contributed by atoms with Crippen LogP contribution in [0.1, 0.15) is 43.0 Å². The summed E-state index contributed by atoms with van der Waals surface area (Å²) in [6, 6.07) is 6.80. The monoisotopic (exact) mass is 475 g/mol. The molecular weight excluding hydrogens is 452 g/mol. The Bertz CT molecular complexity index is 1380. The number of rotatable bonds is 6. The average molecular weight is 476 g/mol. The van der Waals surface area contributed by atoms with Crippen LogP contribution in [0, 0.1) is 12.8 Å². The number of carbonyl (C=O) groups is 1. The van der Waals surface area contributed by atoms with Crippen molar-refractivity contribution < 1.29 is 22.0 Å². The van der Waals surface area contributed by atoms with Gasteiger partial charge in [-0.1, -0.05) is 12.5 Å². The second-order valence-corrected chi connectivity index (χ2v) is 10.8. The predicted molar refractivity (Wildman–Crippen MR) is 120 cm³/mol. The number of nitrogens with zero attached hydrogens (tertiary/aromatic N) is 2. The molecule has 3 aromatic rings. The second-order valence-electron chi connectivity index (χ2n) is 8.86. The van der Waals surface area contributed by atoms with E-state index in [1.807, 2.05) is 6.07 Å². The quantitative estimate of drug-likeness (QED) is 0.490. The summed E-state index contributed by atoms with van der Waals surface area (Å²) >= 11 is 0. The van der Waals surface area contributed by atoms with Crippen LogP contribution in [0.25, 0.3) is 11.2 Å². The van der Waals surface area contributed by atoms with Crippen molar-refractivity contribution in [3.8, 4) is 0 Å². The zero-order valence-electron chi connectivity index (χ0n) is 18.1. The molecule has 1 unspecified atom stereocenters. The van der Waals surface area contributed by atoms with Crippen molar-refractivity contribution in [3.05, 3.63) is 35.7 Å². The third-order valence-electron chi connectivity index (χ3n) is 6.22. The highest BCUT2D eigenvalue weighted by molar-refractivity contribution is 7.90. The zero-order chi connectivity index (χ0) is 23.5. The molecular formula is C22H23F2N5O3S. The van der Waals surface area contributed by atoms with Crippen LogP contribution in [0.2, 0.25) is 0 Å². The number of sulfone groups is 1. The number of aryl methyl sites for hydroxylation is 1. The molecule has 2 aliphatic carbocycles. The first-order valence-corrected chi connectivity index (χ1v) is 12.6. The van der Waals surface area contributed by atoms with Gasteiger partial charge in [-0.15, -0.1) is 0 Å². The van der Waals surface area contributed by atoms with Gasteiger partial charge in [0.25, 0.3) is 5.92 Å². The van der Waals surface area contributed by atoms with E-state index in [-0.39, 0.29) is 10.7 Å². The fourth-order valence-corrected chi connectivity index (χ4v) is 4.93. The topological polar surface area (TPSA) is 117 Å². The molecule has 2 saturated carbocycles. The van der Waals surface area contributed by atoms with Crippen LogP contribution in [-0.2, 0) is 14.6 Å². The van der Waals surface area contributed by atoms with Crippen LogP contribution >= 0.6 is 0 Å². The lowest BCUT2D eigenvalue weighted by Gasteiger charge is -2.26. The Morgan fingerprint density at radius 3 is 2.52 bits per heavy atom. The number of hydrogen-bond donors (Lipinski definition) is 3. The van der Waals surface area contributed by atoms with Gasteiger partial charge in [0.15, 0.2) is 15.5 Å². The van der Waals surface area contributed by atoms with Crippen LogP contribution in [0.3, 0.4) is 0 Å². The van der Waals surface area contributed by atoms with Gasteiger partial charge in [0, 0.05) is 18.7 Å². The molecule has 11 heteroatoms. The van der Waals surface area contributed by atoms with Crippen LogP contribution in [0.5, 0.6) is 0 Å². The molecule has 8 nitrogen and oxygen atoms in total. The van der Waals surface area contributed by atoms with Gasteiger partial charge in [0.1, 0.15) is 23.1 Å². The normalized spacial score (nSPS) is 19.8. The minimum absolute atomic E-state index is 0.0633. The molecule has 0 bridgehead atoms. The van der Waals surface area contributed by atoms with E-state index in [9.17, 15) is 22.0 Å². The minimum atomic E-state index is -3.55. The number of nitrogens with one attached hydrogen (secondary N) is 3. The van der Waals surface area contributed by atoms with Gasteiger partial charge in [0.05, 0.1) is 16.3 Å². The van der Waals surface area contributed by atoms with Crippen molar-refractivity contribution in [1.29, 1.82) is 0 Å². The Morgan fingerprint density at radius 2 is 1.91 bits per heavy atom.